The maximum absolute atomic E-state index is 5.98. The number of nitrogens with zero attached hydrogens (tertiary/aromatic N) is 1. The molecule has 0 saturated heterocycles. The fourth-order valence-corrected chi connectivity index (χ4v) is 2.41. The molecule has 2 aromatic carbocycles. The highest BCUT2D eigenvalue weighted by atomic mass is 16.5. The lowest BCUT2D eigenvalue weighted by molar-refractivity contribution is 0.303. The van der Waals surface area contributed by atoms with Gasteiger partial charge in [0.25, 0.3) is 0 Å². The van der Waals surface area contributed by atoms with Gasteiger partial charge in [-0.05, 0) is 47.7 Å². The molecule has 1 heterocycles. The van der Waals surface area contributed by atoms with Gasteiger partial charge in [0.15, 0.2) is 0 Å². The molecule has 0 spiro atoms. The van der Waals surface area contributed by atoms with Gasteiger partial charge in [0.2, 0.25) is 0 Å². The Morgan fingerprint density at radius 2 is 1.41 bits per heavy atom. The van der Waals surface area contributed by atoms with Crippen LogP contribution < -0.4 is 4.74 Å². The second-order valence-electron chi connectivity index (χ2n) is 5.24. The van der Waals surface area contributed by atoms with Crippen molar-refractivity contribution in [2.24, 2.45) is 0 Å². The van der Waals surface area contributed by atoms with Crippen molar-refractivity contribution in [2.75, 3.05) is 0 Å². The Balaban J connectivity index is 1.65. The van der Waals surface area contributed by atoms with E-state index >= 15 is 0 Å². The van der Waals surface area contributed by atoms with Gasteiger partial charge in [0, 0.05) is 12.4 Å². The molecule has 3 aromatic rings. The van der Waals surface area contributed by atoms with Crippen LogP contribution in [0.3, 0.4) is 0 Å². The molecule has 110 valence electrons. The highest BCUT2D eigenvalue weighted by molar-refractivity contribution is 5.34. The number of aromatic nitrogens is 1. The first kappa shape index (κ1) is 14.3. The Morgan fingerprint density at radius 3 is 2.23 bits per heavy atom. The maximum Gasteiger partial charge on any atom is 0.123 e. The predicted octanol–water partition coefficient (Wildman–Crippen LogP) is 4.45. The van der Waals surface area contributed by atoms with E-state index in [2.05, 4.69) is 47.4 Å². The number of ether oxygens (including phenoxy) is 1. The standard InChI is InChI=1S/C20H19NO/c1-2-6-17(7-3-1)10-11-19-8-4-5-9-20(19)22-16-18-12-14-21-15-13-18/h1-9,12-15H,10-11,16H2. The molecule has 22 heavy (non-hydrogen) atoms. The molecule has 0 fully saturated rings. The first-order valence-electron chi connectivity index (χ1n) is 7.55. The van der Waals surface area contributed by atoms with Crippen LogP contribution in [-0.2, 0) is 19.4 Å². The highest BCUT2D eigenvalue weighted by Gasteiger charge is 2.04. The summed E-state index contributed by atoms with van der Waals surface area (Å²) in [6, 6.07) is 22.8. The smallest absolute Gasteiger partial charge is 0.123 e. The molecule has 0 aliphatic rings. The Bertz CT molecular complexity index is 633. The Kier molecular flexibility index (Phi) is 4.83. The van der Waals surface area contributed by atoms with Crippen molar-refractivity contribution in [2.45, 2.75) is 19.4 Å². The van der Waals surface area contributed by atoms with Gasteiger partial charge in [0.05, 0.1) is 0 Å². The molecule has 0 unspecified atom stereocenters. The van der Waals surface area contributed by atoms with Crippen molar-refractivity contribution in [1.82, 2.24) is 4.98 Å². The molecule has 0 atom stereocenters. The van der Waals surface area contributed by atoms with E-state index in [4.69, 9.17) is 4.74 Å². The number of pyridine rings is 1. The Morgan fingerprint density at radius 1 is 0.682 bits per heavy atom. The quantitative estimate of drug-likeness (QED) is 0.669. The normalized spacial score (nSPS) is 10.4. The van der Waals surface area contributed by atoms with E-state index in [1.807, 2.05) is 24.3 Å². The van der Waals surface area contributed by atoms with Crippen LogP contribution in [0.25, 0.3) is 0 Å². The van der Waals surface area contributed by atoms with Gasteiger partial charge >= 0.3 is 0 Å². The van der Waals surface area contributed by atoms with Gasteiger partial charge in [0.1, 0.15) is 12.4 Å². The summed E-state index contributed by atoms with van der Waals surface area (Å²) in [6.07, 6.45) is 5.59. The fourth-order valence-electron chi connectivity index (χ4n) is 2.41. The van der Waals surface area contributed by atoms with Crippen LogP contribution in [0, 0.1) is 0 Å². The van der Waals surface area contributed by atoms with Crippen LogP contribution in [0.4, 0.5) is 0 Å². The van der Waals surface area contributed by atoms with Gasteiger partial charge in [-0.3, -0.25) is 4.98 Å². The van der Waals surface area contributed by atoms with Crippen LogP contribution in [0.5, 0.6) is 5.75 Å². The van der Waals surface area contributed by atoms with E-state index < -0.39 is 0 Å². The van der Waals surface area contributed by atoms with Crippen LogP contribution in [0.15, 0.2) is 79.1 Å². The van der Waals surface area contributed by atoms with E-state index in [0.29, 0.717) is 6.61 Å². The third-order valence-corrected chi connectivity index (χ3v) is 3.64. The van der Waals surface area contributed by atoms with Crippen LogP contribution in [-0.4, -0.2) is 4.98 Å². The lowest BCUT2D eigenvalue weighted by atomic mass is 10.0. The SMILES string of the molecule is c1ccc(CCc2ccccc2OCc2ccncc2)cc1. The third kappa shape index (κ3) is 3.95. The van der Waals surface area contributed by atoms with Crippen molar-refractivity contribution in [1.29, 1.82) is 0 Å². The minimum absolute atomic E-state index is 0.574. The zero-order valence-corrected chi connectivity index (χ0v) is 12.5. The molecule has 0 saturated carbocycles. The van der Waals surface area contributed by atoms with Gasteiger partial charge < -0.3 is 4.74 Å². The Hall–Kier alpha value is -2.61. The van der Waals surface area contributed by atoms with E-state index in [9.17, 15) is 0 Å². The first-order chi connectivity index (χ1) is 10.9. The van der Waals surface area contributed by atoms with Crippen molar-refractivity contribution in [3.8, 4) is 5.75 Å². The van der Waals surface area contributed by atoms with Crippen molar-refractivity contribution in [3.63, 3.8) is 0 Å². The molecule has 0 bridgehead atoms. The summed E-state index contributed by atoms with van der Waals surface area (Å²) >= 11 is 0. The fraction of sp³-hybridized carbons (Fsp3) is 0.150. The number of aryl methyl sites for hydroxylation is 2. The third-order valence-electron chi connectivity index (χ3n) is 3.64. The number of para-hydroxylation sites is 1. The highest BCUT2D eigenvalue weighted by Crippen LogP contribution is 2.21. The summed E-state index contributed by atoms with van der Waals surface area (Å²) in [7, 11) is 0. The largest absolute Gasteiger partial charge is 0.489 e. The van der Waals surface area contributed by atoms with Crippen molar-refractivity contribution in [3.05, 3.63) is 95.8 Å². The second-order valence-corrected chi connectivity index (χ2v) is 5.24. The average molecular weight is 289 g/mol. The van der Waals surface area contributed by atoms with E-state index in [0.717, 1.165) is 24.2 Å². The molecule has 0 aliphatic heterocycles. The Labute approximate surface area is 131 Å². The lowest BCUT2D eigenvalue weighted by Crippen LogP contribution is -2.00. The van der Waals surface area contributed by atoms with Crippen molar-refractivity contribution < 1.29 is 4.74 Å². The van der Waals surface area contributed by atoms with Crippen LogP contribution >= 0.6 is 0 Å². The molecule has 3 rings (SSSR count). The molecule has 0 radical (unpaired) electrons. The number of benzene rings is 2. The summed E-state index contributed by atoms with van der Waals surface area (Å²) in [4.78, 5) is 4.03. The minimum Gasteiger partial charge on any atom is -0.489 e. The maximum atomic E-state index is 5.98. The molecule has 0 amide bonds. The van der Waals surface area contributed by atoms with Gasteiger partial charge in [-0.1, -0.05) is 48.5 Å². The molecule has 1 aromatic heterocycles. The summed E-state index contributed by atoms with van der Waals surface area (Å²) in [5.41, 5.74) is 3.74. The number of rotatable bonds is 6. The predicted molar refractivity (Wildman–Crippen MR) is 88.9 cm³/mol. The van der Waals surface area contributed by atoms with Gasteiger partial charge in [-0.15, -0.1) is 0 Å². The number of hydrogen-bond donors (Lipinski definition) is 0. The number of hydrogen-bond acceptors (Lipinski definition) is 2. The van der Waals surface area contributed by atoms with E-state index in [1.165, 1.54) is 11.1 Å². The first-order valence-corrected chi connectivity index (χ1v) is 7.55. The zero-order valence-electron chi connectivity index (χ0n) is 12.5. The second kappa shape index (κ2) is 7.41. The van der Waals surface area contributed by atoms with Gasteiger partial charge in [-0.2, -0.15) is 0 Å². The van der Waals surface area contributed by atoms with Crippen molar-refractivity contribution >= 4 is 0 Å². The lowest BCUT2D eigenvalue weighted by Gasteiger charge is -2.11. The summed E-state index contributed by atoms with van der Waals surface area (Å²) in [5, 5.41) is 0. The molecule has 2 nitrogen and oxygen atoms in total. The molecular weight excluding hydrogens is 270 g/mol. The average Bonchev–Trinajstić information content (AvgIpc) is 2.61. The monoisotopic (exact) mass is 289 g/mol. The minimum atomic E-state index is 0.574. The topological polar surface area (TPSA) is 22.1 Å². The summed E-state index contributed by atoms with van der Waals surface area (Å²) in [5.74, 6) is 0.968. The van der Waals surface area contributed by atoms with Crippen LogP contribution in [0.2, 0.25) is 0 Å². The molecule has 0 aliphatic carbocycles. The molecule has 2 heteroatoms. The van der Waals surface area contributed by atoms with Crippen LogP contribution in [0.1, 0.15) is 16.7 Å². The molecule has 0 N–H and O–H groups in total. The van der Waals surface area contributed by atoms with E-state index in [1.54, 1.807) is 12.4 Å². The van der Waals surface area contributed by atoms with E-state index in [-0.39, 0.29) is 0 Å². The summed E-state index contributed by atoms with van der Waals surface area (Å²) < 4.78 is 5.98. The van der Waals surface area contributed by atoms with Gasteiger partial charge in [-0.25, -0.2) is 0 Å². The zero-order chi connectivity index (χ0) is 15.0. The molecular formula is C20H19NO. The summed E-state index contributed by atoms with van der Waals surface area (Å²) in [6.45, 7) is 0.574.